The molecule has 0 bridgehead atoms. The molecule has 7 heteroatoms. The summed E-state index contributed by atoms with van der Waals surface area (Å²) >= 11 is 0. The van der Waals surface area contributed by atoms with E-state index in [0.29, 0.717) is 18.9 Å². The van der Waals surface area contributed by atoms with Crippen molar-refractivity contribution < 1.29 is 19.2 Å². The minimum atomic E-state index is -0.593. The van der Waals surface area contributed by atoms with E-state index in [-0.39, 0.29) is 28.8 Å². The van der Waals surface area contributed by atoms with E-state index in [9.17, 15) is 14.9 Å². The Hall–Kier alpha value is -3.09. The number of ether oxygens (including phenoxy) is 2. The highest BCUT2D eigenvalue weighted by Crippen LogP contribution is 2.35. The van der Waals surface area contributed by atoms with E-state index >= 15 is 0 Å². The molecule has 0 aliphatic carbocycles. The number of hydrogen-bond donors (Lipinski definition) is 1. The lowest BCUT2D eigenvalue weighted by Gasteiger charge is -2.22. The molecule has 0 saturated carbocycles. The second-order valence-electron chi connectivity index (χ2n) is 6.68. The van der Waals surface area contributed by atoms with Gasteiger partial charge in [0, 0.05) is 18.5 Å². The number of nitro benzene ring substituents is 1. The first-order chi connectivity index (χ1) is 13.4. The van der Waals surface area contributed by atoms with E-state index in [1.165, 1.54) is 19.2 Å². The Bertz CT molecular complexity index is 821. The number of carbonyl (C=O) groups excluding carboxylic acids is 1. The minimum absolute atomic E-state index is 0.0511. The summed E-state index contributed by atoms with van der Waals surface area (Å²) in [6.45, 7) is 6.65. The molecule has 0 saturated heterocycles. The van der Waals surface area contributed by atoms with E-state index < -0.39 is 10.8 Å². The molecule has 1 N–H and O–H groups in total. The minimum Gasteiger partial charge on any atom is -0.493 e. The van der Waals surface area contributed by atoms with E-state index in [1.54, 1.807) is 6.92 Å². The molecule has 2 rings (SSSR count). The predicted octanol–water partition coefficient (Wildman–Crippen LogP) is 4.17. The van der Waals surface area contributed by atoms with Gasteiger partial charge in [-0.15, -0.1) is 0 Å². The van der Waals surface area contributed by atoms with Crippen molar-refractivity contribution >= 4 is 11.6 Å². The summed E-state index contributed by atoms with van der Waals surface area (Å²) in [5.41, 5.74) is 0.737. The van der Waals surface area contributed by atoms with Crippen LogP contribution in [0.4, 0.5) is 5.69 Å². The van der Waals surface area contributed by atoms with Crippen LogP contribution in [0, 0.1) is 16.0 Å². The van der Waals surface area contributed by atoms with Gasteiger partial charge in [0.05, 0.1) is 24.7 Å². The first-order valence-corrected chi connectivity index (χ1v) is 9.21. The van der Waals surface area contributed by atoms with Gasteiger partial charge in [0.25, 0.3) is 11.6 Å². The molecule has 2 aromatic carbocycles. The number of rotatable bonds is 9. The van der Waals surface area contributed by atoms with Gasteiger partial charge in [-0.25, -0.2) is 0 Å². The van der Waals surface area contributed by atoms with Crippen molar-refractivity contribution in [2.75, 3.05) is 20.3 Å². The van der Waals surface area contributed by atoms with Crippen molar-refractivity contribution in [3.8, 4) is 11.5 Å². The van der Waals surface area contributed by atoms with Crippen molar-refractivity contribution in [2.45, 2.75) is 26.7 Å². The fraction of sp³-hybridized carbons (Fsp3) is 0.381. The lowest BCUT2D eigenvalue weighted by molar-refractivity contribution is -0.385. The molecule has 150 valence electrons. The highest BCUT2D eigenvalue weighted by molar-refractivity contribution is 5.99. The van der Waals surface area contributed by atoms with Gasteiger partial charge >= 0.3 is 0 Å². The fourth-order valence-corrected chi connectivity index (χ4v) is 3.05. The van der Waals surface area contributed by atoms with Crippen molar-refractivity contribution in [3.05, 3.63) is 63.7 Å². The number of nitrogens with one attached hydrogen (secondary N) is 1. The van der Waals surface area contributed by atoms with Crippen molar-refractivity contribution in [1.29, 1.82) is 0 Å². The maximum absolute atomic E-state index is 12.8. The quantitative estimate of drug-likeness (QED) is 0.516. The molecule has 0 radical (unpaired) electrons. The fourth-order valence-electron chi connectivity index (χ4n) is 3.05. The molecule has 1 atom stereocenters. The molecule has 0 fully saturated rings. The van der Waals surface area contributed by atoms with Crippen LogP contribution >= 0.6 is 0 Å². The molecule has 1 unspecified atom stereocenters. The highest BCUT2D eigenvalue weighted by Gasteiger charge is 2.26. The molecule has 0 aliphatic rings. The summed E-state index contributed by atoms with van der Waals surface area (Å²) < 4.78 is 10.6. The average Bonchev–Trinajstić information content (AvgIpc) is 2.68. The Kier molecular flexibility index (Phi) is 7.37. The lowest BCUT2D eigenvalue weighted by atomic mass is 9.88. The maximum Gasteiger partial charge on any atom is 0.286 e. The van der Waals surface area contributed by atoms with Crippen LogP contribution in [0.1, 0.15) is 42.6 Å². The van der Waals surface area contributed by atoms with Gasteiger partial charge < -0.3 is 14.8 Å². The van der Waals surface area contributed by atoms with Crippen LogP contribution in [0.3, 0.4) is 0 Å². The number of carbonyl (C=O) groups is 1. The summed E-state index contributed by atoms with van der Waals surface area (Å²) in [4.78, 5) is 23.6. The third-order valence-electron chi connectivity index (χ3n) is 4.54. The van der Waals surface area contributed by atoms with Crippen LogP contribution in [0.2, 0.25) is 0 Å². The molecule has 0 aromatic heterocycles. The van der Waals surface area contributed by atoms with Crippen LogP contribution < -0.4 is 14.8 Å². The van der Waals surface area contributed by atoms with Gasteiger partial charge in [-0.05, 0) is 18.4 Å². The van der Waals surface area contributed by atoms with Crippen LogP contribution in [0.15, 0.2) is 42.5 Å². The zero-order valence-corrected chi connectivity index (χ0v) is 16.6. The molecule has 0 aliphatic heterocycles. The first-order valence-electron chi connectivity index (χ1n) is 9.21. The van der Waals surface area contributed by atoms with E-state index in [0.717, 1.165) is 5.56 Å². The van der Waals surface area contributed by atoms with E-state index in [2.05, 4.69) is 19.2 Å². The Morgan fingerprint density at radius 2 is 1.86 bits per heavy atom. The van der Waals surface area contributed by atoms with Crippen molar-refractivity contribution in [3.63, 3.8) is 0 Å². The van der Waals surface area contributed by atoms with Gasteiger partial charge in [0.2, 0.25) is 0 Å². The standard InChI is InChI=1S/C21H26N2O5/c1-5-28-20-11-16(18(23(25)26)12-19(20)27-4)21(24)22-13-17(14(2)3)15-9-7-6-8-10-15/h6-12,14,17H,5,13H2,1-4H3,(H,22,24). The summed E-state index contributed by atoms with van der Waals surface area (Å²) in [5, 5.41) is 14.3. The van der Waals surface area contributed by atoms with Gasteiger partial charge in [0.1, 0.15) is 5.56 Å². The van der Waals surface area contributed by atoms with Crippen molar-refractivity contribution in [2.24, 2.45) is 5.92 Å². The normalized spacial score (nSPS) is 11.8. The largest absolute Gasteiger partial charge is 0.493 e. The number of hydrogen-bond acceptors (Lipinski definition) is 5. The summed E-state index contributed by atoms with van der Waals surface area (Å²) in [7, 11) is 1.40. The summed E-state index contributed by atoms with van der Waals surface area (Å²) in [5.74, 6) is 0.372. The molecule has 28 heavy (non-hydrogen) atoms. The SMILES string of the molecule is CCOc1cc(C(=O)NCC(c2ccccc2)C(C)C)c([N+](=O)[O-])cc1OC. The summed E-state index contributed by atoms with van der Waals surface area (Å²) in [6.07, 6.45) is 0. The molecule has 2 aromatic rings. The zero-order chi connectivity index (χ0) is 20.7. The molecule has 0 spiro atoms. The highest BCUT2D eigenvalue weighted by atomic mass is 16.6. The monoisotopic (exact) mass is 386 g/mol. The second-order valence-corrected chi connectivity index (χ2v) is 6.68. The van der Waals surface area contributed by atoms with E-state index in [4.69, 9.17) is 9.47 Å². The Morgan fingerprint density at radius 3 is 2.39 bits per heavy atom. The molecule has 1 amide bonds. The molecule has 7 nitrogen and oxygen atoms in total. The Labute approximate surface area is 164 Å². The summed E-state index contributed by atoms with van der Waals surface area (Å²) in [6, 6.07) is 12.5. The van der Waals surface area contributed by atoms with Gasteiger partial charge in [-0.1, -0.05) is 44.2 Å². The molecular weight excluding hydrogens is 360 g/mol. The smallest absolute Gasteiger partial charge is 0.286 e. The predicted molar refractivity (Wildman–Crippen MR) is 107 cm³/mol. The lowest BCUT2D eigenvalue weighted by Crippen LogP contribution is -2.30. The third-order valence-corrected chi connectivity index (χ3v) is 4.54. The maximum atomic E-state index is 12.8. The average molecular weight is 386 g/mol. The van der Waals surface area contributed by atoms with Crippen LogP contribution in [-0.4, -0.2) is 31.1 Å². The molecular formula is C21H26N2O5. The first kappa shape index (κ1) is 21.2. The number of nitrogens with zero attached hydrogens (tertiary/aromatic N) is 1. The number of methoxy groups -OCH3 is 1. The zero-order valence-electron chi connectivity index (χ0n) is 16.6. The number of benzene rings is 2. The van der Waals surface area contributed by atoms with Gasteiger partial charge in [-0.2, -0.15) is 0 Å². The van der Waals surface area contributed by atoms with Gasteiger partial charge in [-0.3, -0.25) is 14.9 Å². The Balaban J connectivity index is 2.29. The Morgan fingerprint density at radius 1 is 1.18 bits per heavy atom. The third kappa shape index (κ3) is 5.00. The van der Waals surface area contributed by atoms with Crippen molar-refractivity contribution in [1.82, 2.24) is 5.32 Å². The van der Waals surface area contributed by atoms with Crippen LogP contribution in [-0.2, 0) is 0 Å². The van der Waals surface area contributed by atoms with E-state index in [1.807, 2.05) is 30.3 Å². The second kappa shape index (κ2) is 9.73. The van der Waals surface area contributed by atoms with Crippen LogP contribution in [0.25, 0.3) is 0 Å². The number of amides is 1. The number of nitro groups is 1. The molecule has 0 heterocycles. The topological polar surface area (TPSA) is 90.7 Å². The van der Waals surface area contributed by atoms with Crippen LogP contribution in [0.5, 0.6) is 11.5 Å². The van der Waals surface area contributed by atoms with Gasteiger partial charge in [0.15, 0.2) is 11.5 Å².